The SMILES string of the molecule is Cc1cc(-[s+]2cc(C)c3ccccc32)cc(C)c1OCC(=O)OC(C)(C)C#Cc1ccc(F)cc1. The average molecular weight is 488 g/mol. The molecule has 1 heterocycles. The first-order valence-corrected chi connectivity index (χ1v) is 12.7. The molecule has 35 heavy (non-hydrogen) atoms. The van der Waals surface area contributed by atoms with Gasteiger partial charge >= 0.3 is 5.97 Å². The summed E-state index contributed by atoms with van der Waals surface area (Å²) in [5.41, 5.74) is 2.89. The molecule has 4 aromatic rings. The van der Waals surface area contributed by atoms with Crippen LogP contribution in [0.15, 0.2) is 66.0 Å². The van der Waals surface area contributed by atoms with E-state index >= 15 is 0 Å². The number of esters is 1. The minimum absolute atomic E-state index is 0.116. The van der Waals surface area contributed by atoms with Gasteiger partial charge < -0.3 is 9.47 Å². The molecule has 3 nitrogen and oxygen atoms in total. The van der Waals surface area contributed by atoms with Crippen LogP contribution in [0.3, 0.4) is 0 Å². The molecule has 1 aromatic heterocycles. The van der Waals surface area contributed by atoms with Crippen LogP contribution in [0.2, 0.25) is 0 Å². The number of carbonyl (C=O) groups excluding carboxylic acids is 1. The Hall–Kier alpha value is -3.62. The molecule has 4 rings (SSSR count). The molecule has 0 radical (unpaired) electrons. The lowest BCUT2D eigenvalue weighted by molar-refractivity contribution is -0.154. The van der Waals surface area contributed by atoms with Gasteiger partial charge in [0.1, 0.15) is 16.9 Å². The molecule has 1 atom stereocenters. The number of rotatable bonds is 5. The summed E-state index contributed by atoms with van der Waals surface area (Å²) in [7, 11) is -0.116. The van der Waals surface area contributed by atoms with Crippen molar-refractivity contribution in [1.82, 2.24) is 0 Å². The molecule has 3 aromatic carbocycles. The van der Waals surface area contributed by atoms with Crippen molar-refractivity contribution in [2.75, 3.05) is 6.61 Å². The third-order valence-corrected chi connectivity index (χ3v) is 7.75. The molecule has 1 unspecified atom stereocenters. The summed E-state index contributed by atoms with van der Waals surface area (Å²) in [4.78, 5) is 13.7. The van der Waals surface area contributed by atoms with Gasteiger partial charge in [-0.05, 0) is 82.1 Å². The van der Waals surface area contributed by atoms with Crippen molar-refractivity contribution in [3.8, 4) is 22.5 Å². The molecule has 0 N–H and O–H groups in total. The maximum Gasteiger partial charge on any atom is 0.345 e. The Labute approximate surface area is 208 Å². The first-order valence-electron chi connectivity index (χ1n) is 11.4. The van der Waals surface area contributed by atoms with E-state index in [9.17, 15) is 9.18 Å². The highest BCUT2D eigenvalue weighted by atomic mass is 32.2. The van der Waals surface area contributed by atoms with E-state index in [0.717, 1.165) is 11.1 Å². The van der Waals surface area contributed by atoms with Crippen molar-refractivity contribution >= 4 is 26.5 Å². The van der Waals surface area contributed by atoms with Crippen LogP contribution in [-0.2, 0) is 9.53 Å². The van der Waals surface area contributed by atoms with Crippen molar-refractivity contribution in [2.24, 2.45) is 0 Å². The van der Waals surface area contributed by atoms with Gasteiger partial charge in [0, 0.05) is 39.1 Å². The fourth-order valence-corrected chi connectivity index (χ4v) is 6.27. The van der Waals surface area contributed by atoms with Crippen molar-refractivity contribution in [2.45, 2.75) is 40.2 Å². The summed E-state index contributed by atoms with van der Waals surface area (Å²) in [6.07, 6.45) is 0. The number of hydrogen-bond acceptors (Lipinski definition) is 3. The number of benzene rings is 3. The molecule has 0 saturated heterocycles. The highest BCUT2D eigenvalue weighted by molar-refractivity contribution is 7.43. The molecule has 0 aliphatic heterocycles. The Morgan fingerprint density at radius 2 is 1.63 bits per heavy atom. The summed E-state index contributed by atoms with van der Waals surface area (Å²) in [6.45, 7) is 9.36. The number of aryl methyl sites for hydroxylation is 3. The Morgan fingerprint density at radius 3 is 2.31 bits per heavy atom. The Balaban J connectivity index is 1.45. The van der Waals surface area contributed by atoms with Gasteiger partial charge in [-0.1, -0.05) is 24.0 Å². The second-order valence-corrected chi connectivity index (χ2v) is 10.9. The highest BCUT2D eigenvalue weighted by Crippen LogP contribution is 2.43. The van der Waals surface area contributed by atoms with E-state index in [-0.39, 0.29) is 22.9 Å². The zero-order chi connectivity index (χ0) is 25.2. The molecule has 5 heteroatoms. The number of hydrogen-bond donors (Lipinski definition) is 0. The van der Waals surface area contributed by atoms with Gasteiger partial charge in [0.15, 0.2) is 21.8 Å². The summed E-state index contributed by atoms with van der Waals surface area (Å²) in [5.74, 6) is 5.70. The number of carbonyl (C=O) groups is 1. The summed E-state index contributed by atoms with van der Waals surface area (Å²) >= 11 is 0. The fourth-order valence-electron chi connectivity index (χ4n) is 3.97. The minimum Gasteiger partial charge on any atom is -0.481 e. The zero-order valence-electron chi connectivity index (χ0n) is 20.6. The van der Waals surface area contributed by atoms with Crippen molar-refractivity contribution in [1.29, 1.82) is 0 Å². The largest absolute Gasteiger partial charge is 0.481 e. The minimum atomic E-state index is -1.01. The maximum absolute atomic E-state index is 13.1. The van der Waals surface area contributed by atoms with Crippen LogP contribution in [0.25, 0.3) is 15.0 Å². The summed E-state index contributed by atoms with van der Waals surface area (Å²) in [6, 6.07) is 18.7. The third kappa shape index (κ3) is 5.72. The van der Waals surface area contributed by atoms with Crippen LogP contribution in [0.1, 0.15) is 36.1 Å². The zero-order valence-corrected chi connectivity index (χ0v) is 21.4. The van der Waals surface area contributed by atoms with E-state index in [0.29, 0.717) is 11.3 Å². The van der Waals surface area contributed by atoms with Gasteiger partial charge in [-0.3, -0.25) is 0 Å². The molecule has 0 amide bonds. The molecule has 178 valence electrons. The number of thiophene rings is 1. The van der Waals surface area contributed by atoms with E-state index in [4.69, 9.17) is 9.47 Å². The number of ether oxygens (including phenoxy) is 2. The first kappa shape index (κ1) is 24.5. The second kappa shape index (κ2) is 9.93. The molecule has 0 spiro atoms. The topological polar surface area (TPSA) is 35.5 Å². The molecule has 0 aliphatic carbocycles. The van der Waals surface area contributed by atoms with Crippen LogP contribution >= 0.6 is 10.5 Å². The summed E-state index contributed by atoms with van der Waals surface area (Å²) in [5, 5.41) is 3.63. The normalized spacial score (nSPS) is 11.7. The molecule has 0 fully saturated rings. The molecule has 0 bridgehead atoms. The van der Waals surface area contributed by atoms with E-state index < -0.39 is 11.6 Å². The van der Waals surface area contributed by atoms with Crippen LogP contribution in [-0.4, -0.2) is 18.2 Å². The standard InChI is InChI=1S/C30H28FO3S/c1-20-16-25(35-19-22(3)26-8-6-7-9-27(26)35)17-21(2)29(20)33-18-28(32)34-30(4,5)15-14-23-10-12-24(31)13-11-23/h6-13,16-17,19H,18H2,1-5H3/q+1. The number of fused-ring (bicyclic) bond motifs is 1. The molecule has 0 saturated carbocycles. The first-order chi connectivity index (χ1) is 16.6. The average Bonchev–Trinajstić information content (AvgIpc) is 3.14. The smallest absolute Gasteiger partial charge is 0.345 e. The van der Waals surface area contributed by atoms with Crippen LogP contribution in [0.5, 0.6) is 5.75 Å². The van der Waals surface area contributed by atoms with Gasteiger partial charge in [-0.2, -0.15) is 0 Å². The van der Waals surface area contributed by atoms with Gasteiger partial charge in [-0.15, -0.1) is 0 Å². The van der Waals surface area contributed by atoms with Crippen LogP contribution in [0, 0.1) is 38.4 Å². The summed E-state index contributed by atoms with van der Waals surface area (Å²) < 4.78 is 25.8. The third-order valence-electron chi connectivity index (χ3n) is 5.59. The van der Waals surface area contributed by atoms with E-state index in [1.54, 1.807) is 26.0 Å². The Kier molecular flexibility index (Phi) is 6.95. The predicted molar refractivity (Wildman–Crippen MR) is 141 cm³/mol. The Morgan fingerprint density at radius 1 is 0.971 bits per heavy atom. The molecular weight excluding hydrogens is 459 g/mol. The van der Waals surface area contributed by atoms with Crippen molar-refractivity contribution in [3.05, 3.63) is 94.1 Å². The van der Waals surface area contributed by atoms with Crippen LogP contribution in [0.4, 0.5) is 4.39 Å². The maximum atomic E-state index is 13.1. The van der Waals surface area contributed by atoms with Gasteiger partial charge in [-0.25, -0.2) is 9.18 Å². The number of halogens is 1. The quantitative estimate of drug-likeness (QED) is 0.167. The second-order valence-electron chi connectivity index (χ2n) is 9.05. The van der Waals surface area contributed by atoms with E-state index in [2.05, 4.69) is 60.5 Å². The molecular formula is C30H28FO3S+. The lowest BCUT2D eigenvalue weighted by Gasteiger charge is -2.19. The lowest BCUT2D eigenvalue weighted by Crippen LogP contribution is -2.29. The Bertz CT molecular complexity index is 1430. The van der Waals surface area contributed by atoms with E-state index in [1.165, 1.54) is 32.7 Å². The van der Waals surface area contributed by atoms with Gasteiger partial charge in [0.05, 0.1) is 0 Å². The predicted octanol–water partition coefficient (Wildman–Crippen LogP) is 7.39. The lowest BCUT2D eigenvalue weighted by atomic mass is 10.1. The molecule has 0 aliphatic rings. The van der Waals surface area contributed by atoms with E-state index in [1.807, 2.05) is 13.8 Å². The highest BCUT2D eigenvalue weighted by Gasteiger charge is 2.23. The fraction of sp³-hybridized carbons (Fsp3) is 0.233. The van der Waals surface area contributed by atoms with Gasteiger partial charge in [0.2, 0.25) is 0 Å². The van der Waals surface area contributed by atoms with Crippen molar-refractivity contribution < 1.29 is 18.7 Å². The van der Waals surface area contributed by atoms with Crippen molar-refractivity contribution in [3.63, 3.8) is 0 Å². The van der Waals surface area contributed by atoms with Crippen LogP contribution < -0.4 is 4.74 Å². The monoisotopic (exact) mass is 487 g/mol. The van der Waals surface area contributed by atoms with Gasteiger partial charge in [0.25, 0.3) is 0 Å².